The second kappa shape index (κ2) is 9.53. The SMILES string of the molecule is Cc1cccc(OCc2c(C(=O)N3CCN(Cc4cccc(F)c4)CC3)noc2C)c1C. The number of aryl methyl sites for hydroxylation is 2. The molecule has 0 atom stereocenters. The standard InChI is InChI=1S/C25H28FN3O3/c1-17-6-4-9-23(18(17)2)31-16-22-19(3)32-27-24(22)25(30)29-12-10-28(11-13-29)15-20-7-5-8-21(26)14-20/h4-9,14H,10-13,15-16H2,1-3H3. The summed E-state index contributed by atoms with van der Waals surface area (Å²) in [4.78, 5) is 17.2. The molecule has 1 aromatic heterocycles. The molecule has 0 N–H and O–H groups in total. The molecule has 3 aromatic rings. The molecule has 1 aliphatic rings. The molecule has 7 heteroatoms. The lowest BCUT2D eigenvalue weighted by molar-refractivity contribution is 0.0616. The highest BCUT2D eigenvalue weighted by atomic mass is 19.1. The smallest absolute Gasteiger partial charge is 0.276 e. The van der Waals surface area contributed by atoms with Gasteiger partial charge in [-0.2, -0.15) is 0 Å². The van der Waals surface area contributed by atoms with Crippen LogP contribution in [-0.4, -0.2) is 47.0 Å². The van der Waals surface area contributed by atoms with E-state index in [-0.39, 0.29) is 18.3 Å². The molecule has 0 bridgehead atoms. The first-order chi connectivity index (χ1) is 15.4. The van der Waals surface area contributed by atoms with E-state index in [4.69, 9.17) is 9.26 Å². The van der Waals surface area contributed by atoms with Crippen LogP contribution in [0.2, 0.25) is 0 Å². The van der Waals surface area contributed by atoms with E-state index in [1.165, 1.54) is 6.07 Å². The summed E-state index contributed by atoms with van der Waals surface area (Å²) in [6.45, 7) is 9.33. The van der Waals surface area contributed by atoms with E-state index in [0.29, 0.717) is 49.7 Å². The van der Waals surface area contributed by atoms with Gasteiger partial charge in [0.2, 0.25) is 0 Å². The van der Waals surface area contributed by atoms with Crippen molar-refractivity contribution in [2.45, 2.75) is 33.9 Å². The Morgan fingerprint density at radius 1 is 1.09 bits per heavy atom. The lowest BCUT2D eigenvalue weighted by Gasteiger charge is -2.34. The highest BCUT2D eigenvalue weighted by Crippen LogP contribution is 2.24. The number of piperazine rings is 1. The molecule has 32 heavy (non-hydrogen) atoms. The molecule has 0 unspecified atom stereocenters. The van der Waals surface area contributed by atoms with Gasteiger partial charge in [0.05, 0.1) is 5.56 Å². The minimum Gasteiger partial charge on any atom is -0.488 e. The predicted molar refractivity (Wildman–Crippen MR) is 119 cm³/mol. The van der Waals surface area contributed by atoms with Crippen LogP contribution in [0.1, 0.15) is 38.5 Å². The third kappa shape index (κ3) is 4.83. The molecule has 4 rings (SSSR count). The van der Waals surface area contributed by atoms with E-state index in [2.05, 4.69) is 10.1 Å². The second-order valence-electron chi connectivity index (χ2n) is 8.25. The number of hydrogen-bond acceptors (Lipinski definition) is 5. The Kier molecular flexibility index (Phi) is 6.55. The summed E-state index contributed by atoms with van der Waals surface area (Å²) in [6.07, 6.45) is 0. The molecule has 1 amide bonds. The molecule has 0 radical (unpaired) electrons. The first kappa shape index (κ1) is 22.0. The third-order valence-corrected chi connectivity index (χ3v) is 6.07. The van der Waals surface area contributed by atoms with Gasteiger partial charge >= 0.3 is 0 Å². The van der Waals surface area contributed by atoms with Crippen LogP contribution in [0.5, 0.6) is 5.75 Å². The predicted octanol–water partition coefficient (Wildman–Crippen LogP) is 4.28. The van der Waals surface area contributed by atoms with Crippen molar-refractivity contribution in [1.82, 2.24) is 15.0 Å². The van der Waals surface area contributed by atoms with Gasteiger partial charge in [-0.3, -0.25) is 9.69 Å². The van der Waals surface area contributed by atoms with Crippen LogP contribution in [0.4, 0.5) is 4.39 Å². The summed E-state index contributed by atoms with van der Waals surface area (Å²) in [5, 5.41) is 4.04. The molecule has 0 saturated carbocycles. The Balaban J connectivity index is 1.38. The Bertz CT molecular complexity index is 1100. The van der Waals surface area contributed by atoms with Crippen LogP contribution in [0, 0.1) is 26.6 Å². The van der Waals surface area contributed by atoms with E-state index in [9.17, 15) is 9.18 Å². The molecule has 0 spiro atoms. The number of carbonyl (C=O) groups is 1. The van der Waals surface area contributed by atoms with Crippen LogP contribution in [0.15, 0.2) is 47.0 Å². The Morgan fingerprint density at radius 3 is 2.59 bits per heavy atom. The quantitative estimate of drug-likeness (QED) is 0.576. The summed E-state index contributed by atoms with van der Waals surface area (Å²) >= 11 is 0. The Labute approximate surface area is 187 Å². The molecule has 6 nitrogen and oxygen atoms in total. The maximum atomic E-state index is 13.4. The number of ether oxygens (including phenoxy) is 1. The van der Waals surface area contributed by atoms with Crippen molar-refractivity contribution in [1.29, 1.82) is 0 Å². The summed E-state index contributed by atoms with van der Waals surface area (Å²) < 4.78 is 24.8. The molecule has 2 aromatic carbocycles. The van der Waals surface area contributed by atoms with Crippen molar-refractivity contribution in [2.75, 3.05) is 26.2 Å². The summed E-state index contributed by atoms with van der Waals surface area (Å²) in [5.74, 6) is 0.999. The molecule has 168 valence electrons. The summed E-state index contributed by atoms with van der Waals surface area (Å²) in [6, 6.07) is 12.5. The molecular formula is C25H28FN3O3. The molecule has 1 aliphatic heterocycles. The van der Waals surface area contributed by atoms with Gasteiger partial charge in [-0.05, 0) is 55.7 Å². The van der Waals surface area contributed by atoms with Crippen molar-refractivity contribution in [3.8, 4) is 5.75 Å². The van der Waals surface area contributed by atoms with Crippen molar-refractivity contribution in [3.05, 3.63) is 82.0 Å². The van der Waals surface area contributed by atoms with E-state index < -0.39 is 0 Å². The maximum Gasteiger partial charge on any atom is 0.276 e. The first-order valence-electron chi connectivity index (χ1n) is 10.8. The number of nitrogens with zero attached hydrogens (tertiary/aromatic N) is 3. The zero-order chi connectivity index (χ0) is 22.7. The fourth-order valence-electron chi connectivity index (χ4n) is 3.91. The van der Waals surface area contributed by atoms with Crippen LogP contribution in [0.3, 0.4) is 0 Å². The minimum absolute atomic E-state index is 0.146. The van der Waals surface area contributed by atoms with Crippen LogP contribution < -0.4 is 4.74 Å². The fraction of sp³-hybridized carbons (Fsp3) is 0.360. The van der Waals surface area contributed by atoms with Gasteiger partial charge in [0.1, 0.15) is 23.9 Å². The normalized spacial score (nSPS) is 14.6. The van der Waals surface area contributed by atoms with Crippen LogP contribution in [-0.2, 0) is 13.2 Å². The lowest BCUT2D eigenvalue weighted by Crippen LogP contribution is -2.48. The number of carbonyl (C=O) groups excluding carboxylic acids is 1. The van der Waals surface area contributed by atoms with E-state index >= 15 is 0 Å². The molecule has 1 fully saturated rings. The van der Waals surface area contributed by atoms with Gasteiger partial charge in [-0.1, -0.05) is 29.4 Å². The van der Waals surface area contributed by atoms with Gasteiger partial charge in [-0.15, -0.1) is 0 Å². The molecule has 1 saturated heterocycles. The van der Waals surface area contributed by atoms with Crippen molar-refractivity contribution in [3.63, 3.8) is 0 Å². The number of amides is 1. The zero-order valence-electron chi connectivity index (χ0n) is 18.7. The maximum absolute atomic E-state index is 13.4. The van der Waals surface area contributed by atoms with E-state index in [1.54, 1.807) is 24.0 Å². The summed E-state index contributed by atoms with van der Waals surface area (Å²) in [5.41, 5.74) is 4.15. The van der Waals surface area contributed by atoms with Crippen molar-refractivity contribution in [2.24, 2.45) is 0 Å². The Hall–Kier alpha value is -3.19. The third-order valence-electron chi connectivity index (χ3n) is 6.07. The first-order valence-corrected chi connectivity index (χ1v) is 10.8. The average molecular weight is 438 g/mol. The van der Waals surface area contributed by atoms with Gasteiger partial charge in [0.15, 0.2) is 5.69 Å². The van der Waals surface area contributed by atoms with E-state index in [1.807, 2.05) is 38.1 Å². The molecule has 0 aliphatic carbocycles. The molecule has 2 heterocycles. The number of hydrogen-bond donors (Lipinski definition) is 0. The van der Waals surface area contributed by atoms with Gasteiger partial charge in [-0.25, -0.2) is 4.39 Å². The monoisotopic (exact) mass is 437 g/mol. The lowest BCUT2D eigenvalue weighted by atomic mass is 10.1. The topological polar surface area (TPSA) is 58.8 Å². The van der Waals surface area contributed by atoms with Crippen molar-refractivity contribution >= 4 is 5.91 Å². The van der Waals surface area contributed by atoms with Gasteiger partial charge < -0.3 is 14.2 Å². The second-order valence-corrected chi connectivity index (χ2v) is 8.25. The fourth-order valence-corrected chi connectivity index (χ4v) is 3.91. The van der Waals surface area contributed by atoms with Crippen LogP contribution in [0.25, 0.3) is 0 Å². The van der Waals surface area contributed by atoms with Crippen LogP contribution >= 0.6 is 0 Å². The number of aromatic nitrogens is 1. The van der Waals surface area contributed by atoms with Crippen molar-refractivity contribution < 1.29 is 18.4 Å². The molecular weight excluding hydrogens is 409 g/mol. The number of rotatable bonds is 6. The van der Waals surface area contributed by atoms with Gasteiger partial charge in [0.25, 0.3) is 5.91 Å². The van der Waals surface area contributed by atoms with Gasteiger partial charge in [0, 0.05) is 32.7 Å². The highest BCUT2D eigenvalue weighted by Gasteiger charge is 2.28. The minimum atomic E-state index is -0.228. The van der Waals surface area contributed by atoms with E-state index in [0.717, 1.165) is 22.4 Å². The number of benzene rings is 2. The average Bonchev–Trinajstić information content (AvgIpc) is 3.15. The zero-order valence-corrected chi connectivity index (χ0v) is 18.7. The number of halogens is 1. The summed E-state index contributed by atoms with van der Waals surface area (Å²) in [7, 11) is 0. The largest absolute Gasteiger partial charge is 0.488 e. The Morgan fingerprint density at radius 2 is 1.84 bits per heavy atom. The highest BCUT2D eigenvalue weighted by molar-refractivity contribution is 5.93.